The van der Waals surface area contributed by atoms with E-state index < -0.39 is 17.5 Å². The summed E-state index contributed by atoms with van der Waals surface area (Å²) in [6.07, 6.45) is 6.59. The minimum Gasteiger partial charge on any atom is -0.489 e. The Bertz CT molecular complexity index is 935. The molecule has 3 aromatic carbocycles. The number of rotatable bonds is 5. The van der Waals surface area contributed by atoms with Gasteiger partial charge in [0.1, 0.15) is 12.4 Å². The van der Waals surface area contributed by atoms with Gasteiger partial charge in [-0.2, -0.15) is 0 Å². The first-order valence-electron chi connectivity index (χ1n) is 10.1. The maximum atomic E-state index is 13.3. The Morgan fingerprint density at radius 2 is 1.28 bits per heavy atom. The van der Waals surface area contributed by atoms with Gasteiger partial charge in [-0.1, -0.05) is 67.8 Å². The van der Waals surface area contributed by atoms with Crippen molar-refractivity contribution in [3.8, 4) is 16.9 Å². The number of halogens is 3. The topological polar surface area (TPSA) is 9.23 Å². The normalized spacial score (nSPS) is 14.7. The molecule has 1 nitrogen and oxygen atoms in total. The van der Waals surface area contributed by atoms with E-state index in [1.807, 2.05) is 24.3 Å². The molecule has 0 bridgehead atoms. The van der Waals surface area contributed by atoms with Crippen LogP contribution >= 0.6 is 0 Å². The first-order valence-corrected chi connectivity index (χ1v) is 10.1. The molecule has 0 N–H and O–H groups in total. The van der Waals surface area contributed by atoms with Crippen molar-refractivity contribution in [2.75, 3.05) is 0 Å². The van der Waals surface area contributed by atoms with Crippen LogP contribution in [0.1, 0.15) is 49.1 Å². The van der Waals surface area contributed by atoms with E-state index in [1.165, 1.54) is 37.7 Å². The minimum atomic E-state index is -1.49. The highest BCUT2D eigenvalue weighted by molar-refractivity contribution is 5.64. The molecule has 0 radical (unpaired) electrons. The lowest BCUT2D eigenvalue weighted by atomic mass is 9.84. The molecule has 1 aliphatic carbocycles. The number of hydrogen-bond acceptors (Lipinski definition) is 1. The molecule has 1 fully saturated rings. The Morgan fingerprint density at radius 3 is 1.86 bits per heavy atom. The predicted molar refractivity (Wildman–Crippen MR) is 108 cm³/mol. The minimum absolute atomic E-state index is 0.0382. The largest absolute Gasteiger partial charge is 0.489 e. The average molecular weight is 396 g/mol. The molecule has 150 valence electrons. The molecule has 0 amide bonds. The summed E-state index contributed by atoms with van der Waals surface area (Å²) in [5.41, 5.74) is 4.54. The molecule has 1 aliphatic rings. The fraction of sp³-hybridized carbons (Fsp3) is 0.280. The molecule has 0 aromatic heterocycles. The van der Waals surface area contributed by atoms with Crippen molar-refractivity contribution < 1.29 is 17.9 Å². The Morgan fingerprint density at radius 1 is 0.724 bits per heavy atom. The van der Waals surface area contributed by atoms with Crippen LogP contribution in [0, 0.1) is 17.5 Å². The van der Waals surface area contributed by atoms with Gasteiger partial charge in [-0.3, -0.25) is 0 Å². The van der Waals surface area contributed by atoms with E-state index in [1.54, 1.807) is 0 Å². The first-order chi connectivity index (χ1) is 14.1. The monoisotopic (exact) mass is 396 g/mol. The first kappa shape index (κ1) is 19.6. The molecular formula is C25H23F3O. The van der Waals surface area contributed by atoms with Gasteiger partial charge in [0.05, 0.1) is 0 Å². The summed E-state index contributed by atoms with van der Waals surface area (Å²) in [4.78, 5) is 0. The third kappa shape index (κ3) is 4.64. The Hall–Kier alpha value is -2.75. The van der Waals surface area contributed by atoms with Crippen molar-refractivity contribution in [3.05, 3.63) is 89.2 Å². The van der Waals surface area contributed by atoms with Crippen LogP contribution in [0.5, 0.6) is 5.75 Å². The molecular weight excluding hydrogens is 373 g/mol. The van der Waals surface area contributed by atoms with E-state index in [4.69, 9.17) is 4.74 Å². The highest BCUT2D eigenvalue weighted by Gasteiger charge is 2.15. The van der Waals surface area contributed by atoms with Crippen molar-refractivity contribution in [3.63, 3.8) is 0 Å². The quantitative estimate of drug-likeness (QED) is 0.408. The highest BCUT2D eigenvalue weighted by atomic mass is 19.2. The van der Waals surface area contributed by atoms with Crippen LogP contribution in [0.25, 0.3) is 11.1 Å². The molecule has 0 atom stereocenters. The zero-order valence-electron chi connectivity index (χ0n) is 16.1. The van der Waals surface area contributed by atoms with Crippen LogP contribution in [0.4, 0.5) is 13.2 Å². The highest BCUT2D eigenvalue weighted by Crippen LogP contribution is 2.33. The van der Waals surface area contributed by atoms with Crippen molar-refractivity contribution in [2.45, 2.75) is 44.6 Å². The third-order valence-electron chi connectivity index (χ3n) is 5.64. The maximum absolute atomic E-state index is 13.3. The fourth-order valence-corrected chi connectivity index (χ4v) is 3.96. The average Bonchev–Trinajstić information content (AvgIpc) is 2.77. The van der Waals surface area contributed by atoms with E-state index in [2.05, 4.69) is 24.3 Å². The van der Waals surface area contributed by atoms with Crippen molar-refractivity contribution in [1.29, 1.82) is 0 Å². The van der Waals surface area contributed by atoms with E-state index in [-0.39, 0.29) is 12.4 Å². The Kier molecular flexibility index (Phi) is 5.89. The van der Waals surface area contributed by atoms with Crippen molar-refractivity contribution in [1.82, 2.24) is 0 Å². The number of ether oxygens (including phenoxy) is 1. The van der Waals surface area contributed by atoms with Gasteiger partial charge in [-0.05, 0) is 41.0 Å². The molecule has 1 saturated carbocycles. The zero-order valence-corrected chi connectivity index (χ0v) is 16.1. The number of hydrogen-bond donors (Lipinski definition) is 0. The molecule has 0 unspecified atom stereocenters. The summed E-state index contributed by atoms with van der Waals surface area (Å²) in [6.45, 7) is 0.144. The molecule has 4 rings (SSSR count). The van der Waals surface area contributed by atoms with E-state index >= 15 is 0 Å². The SMILES string of the molecule is Fc1cc(OCc2ccc(-c3ccc(C4CCCCC4)cc3)cc2)cc(F)c1F. The zero-order chi connectivity index (χ0) is 20.2. The summed E-state index contributed by atoms with van der Waals surface area (Å²) in [6, 6.07) is 18.3. The second-order valence-electron chi connectivity index (χ2n) is 7.64. The summed E-state index contributed by atoms with van der Waals surface area (Å²) in [5.74, 6) is -3.35. The molecule has 0 saturated heterocycles. The van der Waals surface area contributed by atoms with Crippen LogP contribution in [0.2, 0.25) is 0 Å². The van der Waals surface area contributed by atoms with E-state index in [0.29, 0.717) is 5.92 Å². The van der Waals surface area contributed by atoms with Gasteiger partial charge in [0.15, 0.2) is 17.5 Å². The van der Waals surface area contributed by atoms with Gasteiger partial charge in [0.2, 0.25) is 0 Å². The fourth-order valence-electron chi connectivity index (χ4n) is 3.96. The van der Waals surface area contributed by atoms with Gasteiger partial charge in [-0.25, -0.2) is 13.2 Å². The number of benzene rings is 3. The van der Waals surface area contributed by atoms with Crippen LogP contribution in [0.3, 0.4) is 0 Å². The molecule has 0 heterocycles. The van der Waals surface area contributed by atoms with Crippen LogP contribution in [-0.4, -0.2) is 0 Å². The summed E-state index contributed by atoms with van der Waals surface area (Å²) < 4.78 is 44.9. The van der Waals surface area contributed by atoms with Gasteiger partial charge in [0.25, 0.3) is 0 Å². The second-order valence-corrected chi connectivity index (χ2v) is 7.64. The standard InChI is InChI=1S/C25H23F3O/c26-23-14-22(15-24(27)25(23)28)29-16-17-6-8-19(9-7-17)21-12-10-20(11-13-21)18-4-2-1-3-5-18/h6-15,18H,1-5,16H2. The third-order valence-corrected chi connectivity index (χ3v) is 5.64. The van der Waals surface area contributed by atoms with Crippen LogP contribution < -0.4 is 4.74 Å². The Balaban J connectivity index is 1.40. The second kappa shape index (κ2) is 8.73. The van der Waals surface area contributed by atoms with Gasteiger partial charge < -0.3 is 4.74 Å². The molecule has 3 aromatic rings. The lowest BCUT2D eigenvalue weighted by Crippen LogP contribution is -2.04. The molecule has 4 heteroatoms. The van der Waals surface area contributed by atoms with Crippen LogP contribution in [0.15, 0.2) is 60.7 Å². The lowest BCUT2D eigenvalue weighted by molar-refractivity contribution is 0.299. The predicted octanol–water partition coefficient (Wildman–Crippen LogP) is 7.40. The molecule has 0 spiro atoms. The van der Waals surface area contributed by atoms with Crippen LogP contribution in [-0.2, 0) is 6.61 Å². The van der Waals surface area contributed by atoms with Crippen molar-refractivity contribution in [2.24, 2.45) is 0 Å². The molecule has 29 heavy (non-hydrogen) atoms. The van der Waals surface area contributed by atoms with Gasteiger partial charge in [0, 0.05) is 12.1 Å². The summed E-state index contributed by atoms with van der Waals surface area (Å²) in [7, 11) is 0. The molecule has 0 aliphatic heterocycles. The Labute approximate surface area is 169 Å². The summed E-state index contributed by atoms with van der Waals surface area (Å²) >= 11 is 0. The van der Waals surface area contributed by atoms with Gasteiger partial charge >= 0.3 is 0 Å². The smallest absolute Gasteiger partial charge is 0.194 e. The maximum Gasteiger partial charge on any atom is 0.194 e. The van der Waals surface area contributed by atoms with E-state index in [9.17, 15) is 13.2 Å². The van der Waals surface area contributed by atoms with Crippen molar-refractivity contribution >= 4 is 0 Å². The van der Waals surface area contributed by atoms with Gasteiger partial charge in [-0.15, -0.1) is 0 Å². The lowest BCUT2D eigenvalue weighted by Gasteiger charge is -2.22. The van der Waals surface area contributed by atoms with E-state index in [0.717, 1.165) is 28.8 Å². The summed E-state index contributed by atoms with van der Waals surface area (Å²) in [5, 5.41) is 0.